The molecule has 0 N–H and O–H groups in total. The van der Waals surface area contributed by atoms with Gasteiger partial charge in [0.2, 0.25) is 5.91 Å². The monoisotopic (exact) mass is 350 g/mol. The fourth-order valence-electron chi connectivity index (χ4n) is 4.33. The van der Waals surface area contributed by atoms with E-state index in [9.17, 15) is 4.79 Å². The lowest BCUT2D eigenvalue weighted by molar-refractivity contribution is -0.131. The van der Waals surface area contributed by atoms with Crippen molar-refractivity contribution in [3.05, 3.63) is 54.1 Å². The zero-order valence-electron chi connectivity index (χ0n) is 15.6. The van der Waals surface area contributed by atoms with E-state index in [0.29, 0.717) is 12.3 Å². The van der Waals surface area contributed by atoms with E-state index < -0.39 is 0 Å². The summed E-state index contributed by atoms with van der Waals surface area (Å²) in [5.74, 6) is 0.676. The lowest BCUT2D eigenvalue weighted by Crippen LogP contribution is -2.38. The molecule has 0 saturated carbocycles. The summed E-state index contributed by atoms with van der Waals surface area (Å²) in [6.07, 6.45) is 7.23. The normalized spacial score (nSPS) is 21.7. The van der Waals surface area contributed by atoms with Gasteiger partial charge in [-0.1, -0.05) is 19.9 Å². The highest BCUT2D eigenvalue weighted by molar-refractivity contribution is 5.77. The molecule has 1 spiro atoms. The molecule has 2 aromatic heterocycles. The summed E-state index contributed by atoms with van der Waals surface area (Å²) in [6, 6.07) is 8.26. The summed E-state index contributed by atoms with van der Waals surface area (Å²) in [7, 11) is 0. The number of carbonyl (C=O) groups excluding carboxylic acids is 1. The Hall–Kier alpha value is -2.43. The van der Waals surface area contributed by atoms with Crippen LogP contribution in [0.25, 0.3) is 0 Å². The van der Waals surface area contributed by atoms with E-state index in [4.69, 9.17) is 4.98 Å². The Labute approximate surface area is 155 Å². The number of anilines is 1. The molecule has 2 aromatic rings. The average Bonchev–Trinajstić information content (AvgIpc) is 3.19. The van der Waals surface area contributed by atoms with Crippen LogP contribution in [0.15, 0.2) is 42.9 Å². The molecule has 0 radical (unpaired) electrons. The van der Waals surface area contributed by atoms with Gasteiger partial charge in [-0.05, 0) is 36.1 Å². The summed E-state index contributed by atoms with van der Waals surface area (Å²) in [6.45, 7) is 7.57. The lowest BCUT2D eigenvalue weighted by Gasteiger charge is -2.26. The van der Waals surface area contributed by atoms with Crippen molar-refractivity contribution in [2.45, 2.75) is 38.6 Å². The van der Waals surface area contributed by atoms with Crippen molar-refractivity contribution in [1.82, 2.24) is 14.9 Å². The molecule has 1 unspecified atom stereocenters. The summed E-state index contributed by atoms with van der Waals surface area (Å²) in [5.41, 5.74) is 3.52. The van der Waals surface area contributed by atoms with Crippen LogP contribution in [0.1, 0.15) is 37.9 Å². The standard InChI is InChI=1S/C21H26N4O/c1-16(2)11-19(26)24-10-7-21(14-24)15-25(13-17-5-3-8-22-12-17)18-6-4-9-23-20(18)21/h3-6,8-9,12,16H,7,10-11,13-15H2,1-2H3. The number of pyridine rings is 2. The van der Waals surface area contributed by atoms with Gasteiger partial charge in [0.25, 0.3) is 0 Å². The summed E-state index contributed by atoms with van der Waals surface area (Å²) in [4.78, 5) is 26.0. The van der Waals surface area contributed by atoms with Crippen molar-refractivity contribution < 1.29 is 4.79 Å². The Balaban J connectivity index is 1.58. The van der Waals surface area contributed by atoms with Gasteiger partial charge in [-0.2, -0.15) is 0 Å². The van der Waals surface area contributed by atoms with Gasteiger partial charge in [0, 0.05) is 51.2 Å². The van der Waals surface area contributed by atoms with Crippen molar-refractivity contribution in [3.8, 4) is 0 Å². The van der Waals surface area contributed by atoms with Gasteiger partial charge in [0.15, 0.2) is 0 Å². The third-order valence-electron chi connectivity index (χ3n) is 5.51. The molecule has 2 aliphatic rings. The minimum atomic E-state index is -0.0363. The van der Waals surface area contributed by atoms with Crippen LogP contribution in [0.4, 0.5) is 5.69 Å². The molecule has 5 heteroatoms. The molecular weight excluding hydrogens is 324 g/mol. The molecule has 2 aliphatic heterocycles. The van der Waals surface area contributed by atoms with E-state index in [0.717, 1.165) is 38.3 Å². The van der Waals surface area contributed by atoms with Crippen LogP contribution in [0.5, 0.6) is 0 Å². The van der Waals surface area contributed by atoms with Gasteiger partial charge in [0.05, 0.1) is 16.8 Å². The second-order valence-corrected chi connectivity index (χ2v) is 8.03. The highest BCUT2D eigenvalue weighted by Crippen LogP contribution is 2.45. The molecule has 0 bridgehead atoms. The van der Waals surface area contributed by atoms with Gasteiger partial charge in [-0.25, -0.2) is 0 Å². The Morgan fingerprint density at radius 1 is 1.23 bits per heavy atom. The number of hydrogen-bond acceptors (Lipinski definition) is 4. The number of hydrogen-bond donors (Lipinski definition) is 0. The van der Waals surface area contributed by atoms with Gasteiger partial charge < -0.3 is 9.80 Å². The smallest absolute Gasteiger partial charge is 0.222 e. The zero-order valence-corrected chi connectivity index (χ0v) is 15.6. The first kappa shape index (κ1) is 17.0. The predicted octanol–water partition coefficient (Wildman–Crippen LogP) is 3.01. The zero-order chi connectivity index (χ0) is 18.1. The van der Waals surface area contributed by atoms with Crippen molar-refractivity contribution in [2.75, 3.05) is 24.5 Å². The van der Waals surface area contributed by atoms with E-state index in [-0.39, 0.29) is 11.3 Å². The first-order valence-electron chi connectivity index (χ1n) is 9.44. The van der Waals surface area contributed by atoms with Crippen molar-refractivity contribution in [3.63, 3.8) is 0 Å². The van der Waals surface area contributed by atoms with Crippen molar-refractivity contribution in [2.24, 2.45) is 5.92 Å². The Morgan fingerprint density at radius 2 is 2.08 bits per heavy atom. The highest BCUT2D eigenvalue weighted by Gasteiger charge is 2.49. The van der Waals surface area contributed by atoms with Crippen LogP contribution >= 0.6 is 0 Å². The van der Waals surface area contributed by atoms with Crippen LogP contribution in [-0.4, -0.2) is 40.4 Å². The fourth-order valence-corrected chi connectivity index (χ4v) is 4.33. The molecule has 1 fully saturated rings. The molecule has 1 amide bonds. The quantitative estimate of drug-likeness (QED) is 0.850. The molecule has 5 nitrogen and oxygen atoms in total. The van der Waals surface area contributed by atoms with E-state index in [2.05, 4.69) is 35.9 Å². The van der Waals surface area contributed by atoms with Gasteiger partial charge in [-0.3, -0.25) is 14.8 Å². The largest absolute Gasteiger partial charge is 0.365 e. The Morgan fingerprint density at radius 3 is 2.85 bits per heavy atom. The maximum Gasteiger partial charge on any atom is 0.222 e. The summed E-state index contributed by atoms with van der Waals surface area (Å²) in [5, 5.41) is 0. The van der Waals surface area contributed by atoms with Gasteiger partial charge in [0.1, 0.15) is 0 Å². The number of aromatic nitrogens is 2. The number of likely N-dealkylation sites (tertiary alicyclic amines) is 1. The molecule has 4 rings (SSSR count). The number of nitrogens with zero attached hydrogens (tertiary/aromatic N) is 4. The molecular formula is C21H26N4O. The first-order valence-corrected chi connectivity index (χ1v) is 9.44. The molecule has 1 atom stereocenters. The van der Waals surface area contributed by atoms with Crippen molar-refractivity contribution >= 4 is 11.6 Å². The average molecular weight is 350 g/mol. The minimum Gasteiger partial charge on any atom is -0.365 e. The second-order valence-electron chi connectivity index (χ2n) is 8.03. The Kier molecular flexibility index (Phi) is 4.39. The molecule has 0 aromatic carbocycles. The molecule has 0 aliphatic carbocycles. The van der Waals surface area contributed by atoms with Gasteiger partial charge in [-0.15, -0.1) is 0 Å². The third kappa shape index (κ3) is 3.06. The molecule has 4 heterocycles. The van der Waals surface area contributed by atoms with E-state index in [1.54, 1.807) is 6.20 Å². The number of carbonyl (C=O) groups is 1. The van der Waals surface area contributed by atoms with E-state index >= 15 is 0 Å². The SMILES string of the molecule is CC(C)CC(=O)N1CCC2(C1)CN(Cc1cccnc1)c1cccnc12. The van der Waals surface area contributed by atoms with Crippen LogP contribution in [0, 0.1) is 5.92 Å². The lowest BCUT2D eigenvalue weighted by atomic mass is 9.85. The maximum absolute atomic E-state index is 12.6. The number of amides is 1. The number of fused-ring (bicyclic) bond motifs is 2. The minimum absolute atomic E-state index is 0.0363. The highest BCUT2D eigenvalue weighted by atomic mass is 16.2. The molecule has 26 heavy (non-hydrogen) atoms. The summed E-state index contributed by atoms with van der Waals surface area (Å²) < 4.78 is 0. The molecule has 136 valence electrons. The van der Waals surface area contributed by atoms with Crippen LogP contribution in [0.3, 0.4) is 0 Å². The fraction of sp³-hybridized carbons (Fsp3) is 0.476. The summed E-state index contributed by atoms with van der Waals surface area (Å²) >= 11 is 0. The topological polar surface area (TPSA) is 49.3 Å². The first-order chi connectivity index (χ1) is 12.6. The third-order valence-corrected chi connectivity index (χ3v) is 5.51. The number of rotatable bonds is 4. The van der Waals surface area contributed by atoms with E-state index in [1.165, 1.54) is 11.3 Å². The van der Waals surface area contributed by atoms with Crippen LogP contribution in [0.2, 0.25) is 0 Å². The van der Waals surface area contributed by atoms with Crippen LogP contribution < -0.4 is 4.90 Å². The van der Waals surface area contributed by atoms with E-state index in [1.807, 2.05) is 29.4 Å². The van der Waals surface area contributed by atoms with Gasteiger partial charge >= 0.3 is 0 Å². The Bertz CT molecular complexity index is 792. The predicted molar refractivity (Wildman–Crippen MR) is 102 cm³/mol. The second kappa shape index (κ2) is 6.71. The molecule has 1 saturated heterocycles. The van der Waals surface area contributed by atoms with Crippen LogP contribution in [-0.2, 0) is 16.8 Å². The van der Waals surface area contributed by atoms with Crippen molar-refractivity contribution in [1.29, 1.82) is 0 Å². The maximum atomic E-state index is 12.6.